The van der Waals surface area contributed by atoms with Gasteiger partial charge in [-0.3, -0.25) is 4.79 Å². The van der Waals surface area contributed by atoms with Crippen LogP contribution in [0.15, 0.2) is 24.3 Å². The number of aldehydes is 1. The molecule has 0 bridgehead atoms. The maximum atomic E-state index is 11.9. The van der Waals surface area contributed by atoms with Crippen LogP contribution in [0.4, 0.5) is 0 Å². The van der Waals surface area contributed by atoms with Crippen molar-refractivity contribution in [2.24, 2.45) is 0 Å². The van der Waals surface area contributed by atoms with Crippen LogP contribution in [0.1, 0.15) is 26.3 Å². The number of carbonyl (C=O) groups excluding carboxylic acids is 2. The monoisotopic (exact) mass is 242 g/mol. The largest absolute Gasteiger partial charge is 0.507 e. The fraction of sp³-hybridized carbons (Fsp3) is 0.143. The molecular formula is C14H10O4. The van der Waals surface area contributed by atoms with Crippen LogP contribution in [-0.4, -0.2) is 24.0 Å². The van der Waals surface area contributed by atoms with Gasteiger partial charge in [0, 0.05) is 17.2 Å². The molecule has 1 aliphatic heterocycles. The summed E-state index contributed by atoms with van der Waals surface area (Å²) in [7, 11) is 0. The Morgan fingerprint density at radius 3 is 2.67 bits per heavy atom. The minimum absolute atomic E-state index is 0.0611. The highest BCUT2D eigenvalue weighted by Gasteiger charge is 2.26. The molecule has 1 N–H and O–H groups in total. The topological polar surface area (TPSA) is 63.6 Å². The van der Waals surface area contributed by atoms with Crippen molar-refractivity contribution in [3.05, 3.63) is 41.0 Å². The number of fused-ring (bicyclic) bond motifs is 3. The molecule has 2 aromatic rings. The molecule has 0 saturated heterocycles. The van der Waals surface area contributed by atoms with Gasteiger partial charge >= 0.3 is 5.97 Å². The maximum absolute atomic E-state index is 11.9. The summed E-state index contributed by atoms with van der Waals surface area (Å²) in [5.41, 5.74) is 1.18. The van der Waals surface area contributed by atoms with Crippen molar-refractivity contribution in [1.29, 1.82) is 0 Å². The first kappa shape index (κ1) is 10.8. The van der Waals surface area contributed by atoms with Gasteiger partial charge in [0.1, 0.15) is 5.75 Å². The Balaban J connectivity index is 2.53. The van der Waals surface area contributed by atoms with E-state index in [4.69, 9.17) is 4.74 Å². The number of ether oxygens (including phenoxy) is 1. The summed E-state index contributed by atoms with van der Waals surface area (Å²) in [4.78, 5) is 23.0. The van der Waals surface area contributed by atoms with E-state index in [0.29, 0.717) is 34.6 Å². The van der Waals surface area contributed by atoms with Crippen LogP contribution in [0.5, 0.6) is 5.75 Å². The molecule has 0 spiro atoms. The van der Waals surface area contributed by atoms with Crippen molar-refractivity contribution in [2.75, 3.05) is 6.61 Å². The fourth-order valence-corrected chi connectivity index (χ4v) is 2.43. The van der Waals surface area contributed by atoms with Gasteiger partial charge in [-0.1, -0.05) is 24.3 Å². The van der Waals surface area contributed by atoms with Gasteiger partial charge in [-0.25, -0.2) is 4.79 Å². The Morgan fingerprint density at radius 2 is 1.94 bits per heavy atom. The second-order valence-electron chi connectivity index (χ2n) is 4.17. The van der Waals surface area contributed by atoms with Crippen LogP contribution in [0, 0.1) is 0 Å². The third kappa shape index (κ3) is 1.32. The van der Waals surface area contributed by atoms with E-state index in [1.807, 2.05) is 0 Å². The summed E-state index contributed by atoms with van der Waals surface area (Å²) >= 11 is 0. The van der Waals surface area contributed by atoms with Gasteiger partial charge < -0.3 is 9.84 Å². The minimum atomic E-state index is -0.435. The van der Waals surface area contributed by atoms with Crippen LogP contribution >= 0.6 is 0 Å². The second kappa shape index (κ2) is 3.84. The van der Waals surface area contributed by atoms with E-state index in [9.17, 15) is 14.7 Å². The number of hydrogen-bond donors (Lipinski definition) is 1. The lowest BCUT2D eigenvalue weighted by molar-refractivity contribution is 0.0483. The molecule has 18 heavy (non-hydrogen) atoms. The molecule has 0 atom stereocenters. The van der Waals surface area contributed by atoms with Crippen molar-refractivity contribution in [3.8, 4) is 5.75 Å². The fourth-order valence-electron chi connectivity index (χ4n) is 2.43. The smallest absolute Gasteiger partial charge is 0.339 e. The summed E-state index contributed by atoms with van der Waals surface area (Å²) in [6.45, 7) is 0.241. The molecule has 1 heterocycles. The molecule has 0 fully saturated rings. The number of benzene rings is 2. The number of hydrogen-bond acceptors (Lipinski definition) is 4. The lowest BCUT2D eigenvalue weighted by atomic mass is 9.90. The van der Waals surface area contributed by atoms with E-state index in [2.05, 4.69) is 0 Å². The number of phenolic OH excluding ortho intramolecular Hbond substituents is 1. The Kier molecular flexibility index (Phi) is 2.30. The van der Waals surface area contributed by atoms with Crippen LogP contribution in [0.2, 0.25) is 0 Å². The molecule has 0 amide bonds. The minimum Gasteiger partial charge on any atom is -0.507 e. The van der Waals surface area contributed by atoms with E-state index in [1.54, 1.807) is 24.3 Å². The van der Waals surface area contributed by atoms with Crippen molar-refractivity contribution in [2.45, 2.75) is 6.42 Å². The zero-order valence-corrected chi connectivity index (χ0v) is 9.47. The number of aromatic hydroxyl groups is 1. The molecule has 0 saturated carbocycles. The molecule has 0 aromatic heterocycles. The van der Waals surface area contributed by atoms with E-state index < -0.39 is 5.97 Å². The molecule has 4 heteroatoms. The van der Waals surface area contributed by atoms with Gasteiger partial charge in [0.25, 0.3) is 0 Å². The predicted octanol–water partition coefficient (Wildman–Crippen LogP) is 2.07. The van der Waals surface area contributed by atoms with Gasteiger partial charge in [-0.05, 0) is 5.56 Å². The first-order valence-corrected chi connectivity index (χ1v) is 5.63. The molecule has 2 aromatic carbocycles. The molecule has 1 aliphatic rings. The standard InChI is InChI=1S/C14H10O4/c15-7-11-9-5-6-18-14(17)12(9)8-3-1-2-4-10(8)13(11)16/h1-4,7,16H,5-6H2. The van der Waals surface area contributed by atoms with Crippen LogP contribution in [0.25, 0.3) is 10.8 Å². The molecule has 4 nitrogen and oxygen atoms in total. The van der Waals surface area contributed by atoms with Crippen molar-refractivity contribution in [1.82, 2.24) is 0 Å². The van der Waals surface area contributed by atoms with Gasteiger partial charge in [0.15, 0.2) is 6.29 Å². The molecule has 0 radical (unpaired) electrons. The Hall–Kier alpha value is -2.36. The zero-order valence-electron chi connectivity index (χ0n) is 9.47. The highest BCUT2D eigenvalue weighted by Crippen LogP contribution is 2.36. The van der Waals surface area contributed by atoms with Crippen LogP contribution in [0.3, 0.4) is 0 Å². The first-order valence-electron chi connectivity index (χ1n) is 5.63. The molecule has 0 aliphatic carbocycles. The number of rotatable bonds is 1. The summed E-state index contributed by atoms with van der Waals surface area (Å²) in [6, 6.07) is 6.95. The molecule has 3 rings (SSSR count). The second-order valence-corrected chi connectivity index (χ2v) is 4.17. The quantitative estimate of drug-likeness (QED) is 0.614. The van der Waals surface area contributed by atoms with Gasteiger partial charge in [0.05, 0.1) is 17.7 Å². The Morgan fingerprint density at radius 1 is 1.22 bits per heavy atom. The maximum Gasteiger partial charge on any atom is 0.339 e. The lowest BCUT2D eigenvalue weighted by Crippen LogP contribution is -2.20. The predicted molar refractivity (Wildman–Crippen MR) is 65.0 cm³/mol. The summed E-state index contributed by atoms with van der Waals surface area (Å²) < 4.78 is 5.02. The third-order valence-corrected chi connectivity index (χ3v) is 3.24. The van der Waals surface area contributed by atoms with Gasteiger partial charge in [-0.2, -0.15) is 0 Å². The Labute approximate surface area is 103 Å². The number of carbonyl (C=O) groups is 2. The van der Waals surface area contributed by atoms with Gasteiger partial charge in [-0.15, -0.1) is 0 Å². The summed E-state index contributed by atoms with van der Waals surface area (Å²) in [5, 5.41) is 11.2. The van der Waals surface area contributed by atoms with Crippen molar-refractivity contribution in [3.63, 3.8) is 0 Å². The van der Waals surface area contributed by atoms with Crippen LogP contribution < -0.4 is 0 Å². The normalized spacial score (nSPS) is 14.1. The number of esters is 1. The average molecular weight is 242 g/mol. The molecular weight excluding hydrogens is 232 g/mol. The van der Waals surface area contributed by atoms with Crippen LogP contribution in [-0.2, 0) is 11.2 Å². The Bertz CT molecular complexity index is 673. The average Bonchev–Trinajstić information content (AvgIpc) is 2.39. The number of cyclic esters (lactones) is 1. The zero-order chi connectivity index (χ0) is 12.7. The van der Waals surface area contributed by atoms with Crippen molar-refractivity contribution >= 4 is 23.0 Å². The van der Waals surface area contributed by atoms with Crippen molar-refractivity contribution < 1.29 is 19.4 Å². The molecule has 0 unspecified atom stereocenters. The number of phenols is 1. The van der Waals surface area contributed by atoms with E-state index in [-0.39, 0.29) is 17.9 Å². The van der Waals surface area contributed by atoms with E-state index in [1.165, 1.54) is 0 Å². The highest BCUT2D eigenvalue weighted by molar-refractivity contribution is 6.11. The highest BCUT2D eigenvalue weighted by atomic mass is 16.5. The molecule has 90 valence electrons. The summed E-state index contributed by atoms with van der Waals surface area (Å²) in [5.74, 6) is -0.496. The van der Waals surface area contributed by atoms with E-state index >= 15 is 0 Å². The summed E-state index contributed by atoms with van der Waals surface area (Å²) in [6.07, 6.45) is 1.05. The SMILES string of the molecule is O=Cc1c2c(c3ccccc3c1O)C(=O)OCC2. The lowest BCUT2D eigenvalue weighted by Gasteiger charge is -2.20. The van der Waals surface area contributed by atoms with E-state index in [0.717, 1.165) is 0 Å². The third-order valence-electron chi connectivity index (χ3n) is 3.24. The van der Waals surface area contributed by atoms with Gasteiger partial charge in [0.2, 0.25) is 0 Å². The first-order chi connectivity index (χ1) is 8.74.